The number of imide groups is 1. The Kier molecular flexibility index (Phi) is 19.9. The van der Waals surface area contributed by atoms with Gasteiger partial charge in [-0.05, 0) is 66.4 Å². The van der Waals surface area contributed by atoms with Crippen LogP contribution in [0.5, 0.6) is 0 Å². The predicted molar refractivity (Wildman–Crippen MR) is 306 cm³/mol. The molecule has 0 aliphatic carbocycles. The van der Waals surface area contributed by atoms with E-state index < -0.39 is 72.6 Å². The van der Waals surface area contributed by atoms with Crippen LogP contribution in [-0.4, -0.2) is 170 Å². The molecule has 0 radical (unpaired) electrons. The van der Waals surface area contributed by atoms with Crippen molar-refractivity contribution in [2.45, 2.75) is 64.4 Å². The van der Waals surface area contributed by atoms with E-state index in [0.717, 1.165) is 32.7 Å². The smallest absolute Gasteiger partial charge is 0.343 e. The number of nitrogens with zero attached hydrogens (tertiary/aromatic N) is 5. The average Bonchev–Trinajstić information content (AvgIpc) is 1.73. The van der Waals surface area contributed by atoms with Crippen molar-refractivity contribution >= 4 is 69.6 Å². The summed E-state index contributed by atoms with van der Waals surface area (Å²) < 4.78 is 38.1. The van der Waals surface area contributed by atoms with E-state index in [1.165, 1.54) is 18.2 Å². The monoisotopic (exact) mass is 1170 g/mol. The van der Waals surface area contributed by atoms with Crippen LogP contribution >= 0.6 is 0 Å². The number of pyridine rings is 2. The van der Waals surface area contributed by atoms with Gasteiger partial charge in [-0.1, -0.05) is 37.3 Å². The van der Waals surface area contributed by atoms with Crippen LogP contribution in [0.3, 0.4) is 0 Å². The SMILES string of the molecule is CC[C@@]1(O)C(=O)OCc2c1cc1n(c2=O)Cc2c-1nc1cc(F)c(C)cc1c2CN1CCN(c2ccc(NC(=O)CNC(=O)[C@H](Cc3ccccc3)NC(=O)CNC(=O)CNC(=O)CCOCCOCCOCCN3C(=O)C=CC3=O)cc2)CC1. The Morgan fingerprint density at radius 1 is 0.765 bits per heavy atom. The maximum Gasteiger partial charge on any atom is 0.343 e. The second-order valence-electron chi connectivity index (χ2n) is 20.8. The molecule has 0 bridgehead atoms. The molecule has 25 heteroatoms. The minimum Gasteiger partial charge on any atom is -0.458 e. The number of hydrogen-bond acceptors (Lipinski definition) is 17. The molecule has 1 fully saturated rings. The minimum atomic E-state index is -1.99. The first-order valence-electron chi connectivity index (χ1n) is 28.1. The van der Waals surface area contributed by atoms with Gasteiger partial charge in [-0.2, -0.15) is 0 Å². The molecule has 5 aromatic rings. The first-order chi connectivity index (χ1) is 41.0. The number of benzene rings is 3. The van der Waals surface area contributed by atoms with Gasteiger partial charge >= 0.3 is 5.97 Å². The van der Waals surface area contributed by atoms with Crippen LogP contribution in [0.2, 0.25) is 0 Å². The molecule has 448 valence electrons. The summed E-state index contributed by atoms with van der Waals surface area (Å²) in [7, 11) is 0. The van der Waals surface area contributed by atoms with Crippen molar-refractivity contribution in [2.75, 3.05) is 102 Å². The van der Waals surface area contributed by atoms with E-state index in [-0.39, 0.29) is 107 Å². The Balaban J connectivity index is 0.696. The Morgan fingerprint density at radius 2 is 1.42 bits per heavy atom. The lowest BCUT2D eigenvalue weighted by molar-refractivity contribution is -0.172. The fraction of sp³-hybridized carbons (Fsp3) is 0.400. The number of hydrogen-bond donors (Lipinski definition) is 6. The van der Waals surface area contributed by atoms with Crippen molar-refractivity contribution in [3.8, 4) is 11.4 Å². The molecule has 6 heterocycles. The third kappa shape index (κ3) is 14.8. The number of rotatable bonds is 27. The van der Waals surface area contributed by atoms with Crippen LogP contribution in [-0.2, 0) is 89.0 Å². The second kappa shape index (κ2) is 27.8. The molecule has 9 rings (SSSR count). The lowest BCUT2D eigenvalue weighted by Gasteiger charge is -2.36. The molecule has 3 aromatic carbocycles. The number of carbonyl (C=O) groups is 8. The Bertz CT molecular complexity index is 3440. The van der Waals surface area contributed by atoms with Gasteiger partial charge in [0, 0.05) is 91.7 Å². The highest BCUT2D eigenvalue weighted by Gasteiger charge is 2.45. The number of carbonyl (C=O) groups excluding carboxylic acids is 8. The number of ether oxygens (including phenoxy) is 4. The molecular formula is C60H67FN10O14. The van der Waals surface area contributed by atoms with Gasteiger partial charge in [0.25, 0.3) is 17.4 Å². The minimum absolute atomic E-state index is 0.00552. The fourth-order valence-corrected chi connectivity index (χ4v) is 10.4. The van der Waals surface area contributed by atoms with Crippen molar-refractivity contribution in [3.05, 3.63) is 135 Å². The van der Waals surface area contributed by atoms with Crippen LogP contribution in [0.4, 0.5) is 15.8 Å². The molecule has 85 heavy (non-hydrogen) atoms. The molecule has 0 unspecified atom stereocenters. The first-order valence-corrected chi connectivity index (χ1v) is 28.1. The summed E-state index contributed by atoms with van der Waals surface area (Å²) in [6.07, 6.45) is 2.47. The highest BCUT2D eigenvalue weighted by atomic mass is 19.1. The Hall–Kier alpha value is -8.75. The molecule has 4 aliphatic rings. The number of amides is 7. The molecule has 2 atom stereocenters. The number of fused-ring (bicyclic) bond motifs is 5. The Morgan fingerprint density at radius 3 is 2.13 bits per heavy atom. The lowest BCUT2D eigenvalue weighted by atomic mass is 9.86. The van der Waals surface area contributed by atoms with Crippen LogP contribution in [0.1, 0.15) is 53.1 Å². The van der Waals surface area contributed by atoms with Gasteiger partial charge in [-0.25, -0.2) is 14.2 Å². The van der Waals surface area contributed by atoms with Crippen LogP contribution in [0.15, 0.2) is 89.7 Å². The molecule has 2 aromatic heterocycles. The van der Waals surface area contributed by atoms with Crippen molar-refractivity contribution in [3.63, 3.8) is 0 Å². The summed E-state index contributed by atoms with van der Waals surface area (Å²) in [4.78, 5) is 125. The standard InChI is InChI=1S/C60H67FN10O14/c1-3-60(81)45-29-49-56-43(35-71(49)58(79)44(45)36-85-59(60)80)42(41-27-37(2)46(61)30-47(41)67-56)34-68-16-18-69(19-17-68)40-11-9-39(10-12-40)65-52(74)33-64-57(78)48(28-38-7-5-4-6-8-38)66-53(75)32-63-51(73)31-62-50(72)15-21-82-23-25-84-26-24-83-22-20-70-54(76)13-14-55(70)77/h4-14,27,29-30,48,81H,3,15-26,28,31-36H2,1-2H3,(H,62,72)(H,63,73)(H,64,78)(H,65,74)(H,66,75)/t48-,60-/m0/s1. The third-order valence-electron chi connectivity index (χ3n) is 15.2. The molecule has 4 aliphatic heterocycles. The molecule has 7 amide bonds. The average molecular weight is 1170 g/mol. The maximum atomic E-state index is 15.1. The number of cyclic esters (lactones) is 1. The van der Waals surface area contributed by atoms with Crippen molar-refractivity contribution in [2.24, 2.45) is 0 Å². The lowest BCUT2D eigenvalue weighted by Crippen LogP contribution is -2.52. The number of anilines is 2. The number of nitrogens with one attached hydrogen (secondary N) is 5. The van der Waals surface area contributed by atoms with E-state index in [0.29, 0.717) is 60.9 Å². The van der Waals surface area contributed by atoms with Crippen LogP contribution in [0.25, 0.3) is 22.3 Å². The predicted octanol–water partition coefficient (Wildman–Crippen LogP) is 1.23. The van der Waals surface area contributed by atoms with Gasteiger partial charge in [-0.3, -0.25) is 48.2 Å². The van der Waals surface area contributed by atoms with E-state index in [1.54, 1.807) is 73.0 Å². The number of aromatic nitrogens is 2. The molecule has 24 nitrogen and oxygen atoms in total. The van der Waals surface area contributed by atoms with Gasteiger partial charge in [0.2, 0.25) is 29.5 Å². The van der Waals surface area contributed by atoms with Gasteiger partial charge in [-0.15, -0.1) is 0 Å². The largest absolute Gasteiger partial charge is 0.458 e. The van der Waals surface area contributed by atoms with Crippen molar-refractivity contribution in [1.82, 2.24) is 40.6 Å². The number of halogens is 1. The molecular weight excluding hydrogens is 1100 g/mol. The van der Waals surface area contributed by atoms with Crippen molar-refractivity contribution < 1.29 is 66.8 Å². The topological polar surface area (TPSA) is 298 Å². The van der Waals surface area contributed by atoms with Gasteiger partial charge in [0.05, 0.1) is 94.8 Å². The van der Waals surface area contributed by atoms with Gasteiger partial charge in [0.15, 0.2) is 5.60 Å². The molecule has 6 N–H and O–H groups in total. The summed E-state index contributed by atoms with van der Waals surface area (Å²) in [5.74, 6) is -4.89. The van der Waals surface area contributed by atoms with Crippen molar-refractivity contribution in [1.29, 1.82) is 0 Å². The van der Waals surface area contributed by atoms with Gasteiger partial charge in [0.1, 0.15) is 18.5 Å². The molecule has 0 saturated carbocycles. The van der Waals surface area contributed by atoms with Crippen LogP contribution < -0.4 is 37.0 Å². The summed E-state index contributed by atoms with van der Waals surface area (Å²) >= 11 is 0. The summed E-state index contributed by atoms with van der Waals surface area (Å²) in [6, 6.07) is 20.0. The van der Waals surface area contributed by atoms with E-state index in [1.807, 2.05) is 12.1 Å². The highest BCUT2D eigenvalue weighted by Crippen LogP contribution is 2.41. The number of aryl methyl sites for hydroxylation is 1. The van der Waals surface area contributed by atoms with E-state index in [9.17, 15) is 48.3 Å². The number of aliphatic hydroxyl groups is 1. The third-order valence-corrected chi connectivity index (χ3v) is 15.2. The van der Waals surface area contributed by atoms with E-state index in [4.69, 9.17) is 23.9 Å². The van der Waals surface area contributed by atoms with E-state index >= 15 is 4.39 Å². The first kappa shape index (κ1) is 60.8. The second-order valence-corrected chi connectivity index (χ2v) is 20.8. The van der Waals surface area contributed by atoms with E-state index in [2.05, 4.69) is 36.4 Å². The summed E-state index contributed by atoms with van der Waals surface area (Å²) in [5, 5.41) is 25.1. The quantitative estimate of drug-likeness (QED) is 0.0240. The number of piperazine rings is 1. The number of esters is 1. The zero-order chi connectivity index (χ0) is 60.2. The molecule has 1 saturated heterocycles. The summed E-state index contributed by atoms with van der Waals surface area (Å²) in [5.41, 5.74) is 3.77. The van der Waals surface area contributed by atoms with Gasteiger partial charge < -0.3 is 60.1 Å². The zero-order valence-corrected chi connectivity index (χ0v) is 47.2. The fourth-order valence-electron chi connectivity index (χ4n) is 10.4. The highest BCUT2D eigenvalue weighted by molar-refractivity contribution is 6.12. The normalized spacial score (nSPS) is 16.6. The van der Waals surface area contributed by atoms with Crippen LogP contribution in [0, 0.1) is 12.7 Å². The zero-order valence-electron chi connectivity index (χ0n) is 47.2. The summed E-state index contributed by atoms with van der Waals surface area (Å²) in [6.45, 7) is 6.47. The molecule has 0 spiro atoms. The Labute approximate surface area is 488 Å². The maximum absolute atomic E-state index is 15.1.